The summed E-state index contributed by atoms with van der Waals surface area (Å²) in [7, 11) is 0. The number of piperidine rings is 1. The molecule has 1 aromatic rings. The zero-order valence-electron chi connectivity index (χ0n) is 12.7. The van der Waals surface area contributed by atoms with Gasteiger partial charge < -0.3 is 10.4 Å². The predicted molar refractivity (Wildman–Crippen MR) is 81.8 cm³/mol. The first kappa shape index (κ1) is 14.8. The summed E-state index contributed by atoms with van der Waals surface area (Å²) < 4.78 is 13.5. The van der Waals surface area contributed by atoms with E-state index in [0.29, 0.717) is 17.6 Å². The predicted octanol–water partition coefficient (Wildman–Crippen LogP) is 3.20. The maximum absolute atomic E-state index is 13.5. The molecule has 3 nitrogen and oxygen atoms in total. The summed E-state index contributed by atoms with van der Waals surface area (Å²) in [6.45, 7) is 4.22. The van der Waals surface area contributed by atoms with Crippen LogP contribution in [-0.2, 0) is 0 Å². The van der Waals surface area contributed by atoms with Crippen molar-refractivity contribution in [2.24, 2.45) is 0 Å². The SMILES string of the molecule is CC(c1cc(F)ccc1O)N1CCCCC1C1CCCN1. The fourth-order valence-electron chi connectivity index (χ4n) is 3.97. The molecule has 0 aromatic heterocycles. The molecular weight excluding hydrogens is 267 g/mol. The van der Waals surface area contributed by atoms with Crippen LogP contribution < -0.4 is 5.32 Å². The average molecular weight is 292 g/mol. The fraction of sp³-hybridized carbons (Fsp3) is 0.647. The number of hydrogen-bond donors (Lipinski definition) is 2. The molecule has 3 rings (SSSR count). The zero-order valence-corrected chi connectivity index (χ0v) is 12.7. The molecule has 1 aromatic carbocycles. The number of phenolic OH excluding ortho intramolecular Hbond substituents is 1. The van der Waals surface area contributed by atoms with Crippen LogP contribution in [0.5, 0.6) is 5.75 Å². The Morgan fingerprint density at radius 2 is 2.14 bits per heavy atom. The van der Waals surface area contributed by atoms with Gasteiger partial charge in [0.15, 0.2) is 0 Å². The van der Waals surface area contributed by atoms with Gasteiger partial charge in [0.2, 0.25) is 0 Å². The molecule has 0 spiro atoms. The fourth-order valence-corrected chi connectivity index (χ4v) is 3.97. The molecule has 2 aliphatic heterocycles. The van der Waals surface area contributed by atoms with Crippen molar-refractivity contribution in [3.8, 4) is 5.75 Å². The number of likely N-dealkylation sites (tertiary alicyclic amines) is 1. The quantitative estimate of drug-likeness (QED) is 0.898. The Hall–Kier alpha value is -1.13. The van der Waals surface area contributed by atoms with E-state index in [9.17, 15) is 9.50 Å². The first-order chi connectivity index (χ1) is 10.2. The number of phenols is 1. The topological polar surface area (TPSA) is 35.5 Å². The van der Waals surface area contributed by atoms with Gasteiger partial charge in [-0.15, -0.1) is 0 Å². The lowest BCUT2D eigenvalue weighted by Gasteiger charge is -2.43. The first-order valence-electron chi connectivity index (χ1n) is 8.14. The third-order valence-electron chi connectivity index (χ3n) is 5.09. The maximum atomic E-state index is 13.5. The molecule has 3 unspecified atom stereocenters. The van der Waals surface area contributed by atoms with Crippen molar-refractivity contribution in [3.05, 3.63) is 29.6 Å². The second-order valence-corrected chi connectivity index (χ2v) is 6.38. The molecule has 0 radical (unpaired) electrons. The highest BCUT2D eigenvalue weighted by molar-refractivity contribution is 5.35. The summed E-state index contributed by atoms with van der Waals surface area (Å²) in [6, 6.07) is 5.36. The van der Waals surface area contributed by atoms with Crippen LogP contribution in [0.25, 0.3) is 0 Å². The van der Waals surface area contributed by atoms with Crippen LogP contribution in [0.1, 0.15) is 50.6 Å². The molecule has 2 heterocycles. The Morgan fingerprint density at radius 1 is 1.29 bits per heavy atom. The van der Waals surface area contributed by atoms with E-state index in [1.54, 1.807) is 0 Å². The number of hydrogen-bond acceptors (Lipinski definition) is 3. The molecule has 0 saturated carbocycles. The van der Waals surface area contributed by atoms with Crippen molar-refractivity contribution in [1.82, 2.24) is 10.2 Å². The van der Waals surface area contributed by atoms with Crippen molar-refractivity contribution in [1.29, 1.82) is 0 Å². The van der Waals surface area contributed by atoms with Gasteiger partial charge in [0, 0.05) is 23.7 Å². The molecule has 0 aliphatic carbocycles. The van der Waals surface area contributed by atoms with E-state index in [2.05, 4.69) is 17.1 Å². The van der Waals surface area contributed by atoms with E-state index < -0.39 is 0 Å². The highest BCUT2D eigenvalue weighted by Gasteiger charge is 2.34. The minimum Gasteiger partial charge on any atom is -0.508 e. The zero-order chi connectivity index (χ0) is 14.8. The van der Waals surface area contributed by atoms with Gasteiger partial charge in [-0.25, -0.2) is 4.39 Å². The Bertz CT molecular complexity index is 488. The van der Waals surface area contributed by atoms with Gasteiger partial charge in [0.1, 0.15) is 11.6 Å². The number of halogens is 1. The first-order valence-corrected chi connectivity index (χ1v) is 8.14. The van der Waals surface area contributed by atoms with E-state index in [-0.39, 0.29) is 17.6 Å². The third-order valence-corrected chi connectivity index (χ3v) is 5.09. The average Bonchev–Trinajstić information content (AvgIpc) is 3.03. The van der Waals surface area contributed by atoms with Gasteiger partial charge >= 0.3 is 0 Å². The molecule has 2 N–H and O–H groups in total. The lowest BCUT2D eigenvalue weighted by Crippen LogP contribution is -2.50. The van der Waals surface area contributed by atoms with Crippen LogP contribution in [0.4, 0.5) is 4.39 Å². The van der Waals surface area contributed by atoms with Gasteiger partial charge in [-0.05, 0) is 63.9 Å². The Labute approximate surface area is 126 Å². The Balaban J connectivity index is 1.83. The largest absolute Gasteiger partial charge is 0.508 e. The summed E-state index contributed by atoms with van der Waals surface area (Å²) in [5.41, 5.74) is 0.708. The van der Waals surface area contributed by atoms with Gasteiger partial charge in [-0.3, -0.25) is 4.90 Å². The molecule has 0 amide bonds. The number of nitrogens with zero attached hydrogens (tertiary/aromatic N) is 1. The molecule has 2 fully saturated rings. The van der Waals surface area contributed by atoms with Crippen LogP contribution >= 0.6 is 0 Å². The minimum absolute atomic E-state index is 0.0494. The molecule has 2 saturated heterocycles. The normalized spacial score (nSPS) is 28.7. The highest BCUT2D eigenvalue weighted by Crippen LogP contribution is 2.35. The van der Waals surface area contributed by atoms with E-state index >= 15 is 0 Å². The molecule has 0 bridgehead atoms. The molecule has 2 aliphatic rings. The highest BCUT2D eigenvalue weighted by atomic mass is 19.1. The second-order valence-electron chi connectivity index (χ2n) is 6.38. The maximum Gasteiger partial charge on any atom is 0.123 e. The number of benzene rings is 1. The smallest absolute Gasteiger partial charge is 0.123 e. The number of rotatable bonds is 3. The standard InChI is InChI=1S/C17H25FN2O/c1-12(14-11-13(18)7-8-17(14)21)20-10-3-2-6-16(20)15-5-4-9-19-15/h7-8,11-12,15-16,19,21H,2-6,9-10H2,1H3. The summed E-state index contributed by atoms with van der Waals surface area (Å²) in [5, 5.41) is 13.7. The van der Waals surface area contributed by atoms with Crippen molar-refractivity contribution in [2.45, 2.75) is 57.2 Å². The van der Waals surface area contributed by atoms with Crippen LogP contribution in [0.3, 0.4) is 0 Å². The molecule has 116 valence electrons. The van der Waals surface area contributed by atoms with E-state index in [0.717, 1.165) is 13.1 Å². The molecule has 3 atom stereocenters. The minimum atomic E-state index is -0.276. The van der Waals surface area contributed by atoms with Gasteiger partial charge in [-0.1, -0.05) is 6.42 Å². The van der Waals surface area contributed by atoms with Crippen molar-refractivity contribution >= 4 is 0 Å². The summed E-state index contributed by atoms with van der Waals surface area (Å²) >= 11 is 0. The molecule has 21 heavy (non-hydrogen) atoms. The van der Waals surface area contributed by atoms with Crippen molar-refractivity contribution in [2.75, 3.05) is 13.1 Å². The van der Waals surface area contributed by atoms with Gasteiger partial charge in [0.05, 0.1) is 0 Å². The van der Waals surface area contributed by atoms with Crippen molar-refractivity contribution < 1.29 is 9.50 Å². The van der Waals surface area contributed by atoms with Crippen LogP contribution in [-0.4, -0.2) is 35.2 Å². The number of aromatic hydroxyl groups is 1. The Morgan fingerprint density at radius 3 is 2.90 bits per heavy atom. The number of nitrogens with one attached hydrogen (secondary N) is 1. The van der Waals surface area contributed by atoms with E-state index in [1.807, 2.05) is 0 Å². The summed E-state index contributed by atoms with van der Waals surface area (Å²) in [5.74, 6) is -0.0743. The van der Waals surface area contributed by atoms with Gasteiger partial charge in [0.25, 0.3) is 0 Å². The van der Waals surface area contributed by atoms with E-state index in [1.165, 1.54) is 50.3 Å². The van der Waals surface area contributed by atoms with E-state index in [4.69, 9.17) is 0 Å². The monoisotopic (exact) mass is 292 g/mol. The molecular formula is C17H25FN2O. The van der Waals surface area contributed by atoms with Gasteiger partial charge in [-0.2, -0.15) is 0 Å². The molecule has 4 heteroatoms. The van der Waals surface area contributed by atoms with Crippen LogP contribution in [0, 0.1) is 5.82 Å². The third kappa shape index (κ3) is 3.06. The summed E-state index contributed by atoms with van der Waals surface area (Å²) in [4.78, 5) is 2.46. The summed E-state index contributed by atoms with van der Waals surface area (Å²) in [6.07, 6.45) is 6.11. The second kappa shape index (κ2) is 6.32. The van der Waals surface area contributed by atoms with Crippen LogP contribution in [0.15, 0.2) is 18.2 Å². The Kier molecular flexibility index (Phi) is 4.45. The van der Waals surface area contributed by atoms with Crippen LogP contribution in [0.2, 0.25) is 0 Å². The van der Waals surface area contributed by atoms with Crippen molar-refractivity contribution in [3.63, 3.8) is 0 Å². The lowest BCUT2D eigenvalue weighted by molar-refractivity contribution is 0.0790. The lowest BCUT2D eigenvalue weighted by atomic mass is 9.91.